The van der Waals surface area contributed by atoms with E-state index >= 15 is 0 Å². The van der Waals surface area contributed by atoms with E-state index in [2.05, 4.69) is 38.0 Å². The van der Waals surface area contributed by atoms with Crippen molar-refractivity contribution in [3.05, 3.63) is 53.9 Å². The zero-order chi connectivity index (χ0) is 25.4. The van der Waals surface area contributed by atoms with Crippen molar-refractivity contribution in [2.24, 2.45) is 28.6 Å². The summed E-state index contributed by atoms with van der Waals surface area (Å²) in [6.45, 7) is 9.06. The average Bonchev–Trinajstić information content (AvgIpc) is 2.84. The molecule has 0 bridgehead atoms. The minimum atomic E-state index is -0.239. The predicted molar refractivity (Wildman–Crippen MR) is 136 cm³/mol. The summed E-state index contributed by atoms with van der Waals surface area (Å²) in [5, 5.41) is 3.27. The monoisotopic (exact) mass is 478 g/mol. The summed E-state index contributed by atoms with van der Waals surface area (Å²) in [5.74, 6) is 1.20. The fourth-order valence-corrected chi connectivity index (χ4v) is 7.03. The van der Waals surface area contributed by atoms with Gasteiger partial charge in [0.05, 0.1) is 19.8 Å². The maximum atomic E-state index is 14.3. The van der Waals surface area contributed by atoms with Gasteiger partial charge in [0.25, 0.3) is 5.91 Å². The number of nitrogens with one attached hydrogen (secondary N) is 1. The summed E-state index contributed by atoms with van der Waals surface area (Å²) in [4.78, 5) is 31.5. The first kappa shape index (κ1) is 25.2. The molecule has 0 radical (unpaired) electrons. The number of hydrogen-bond donors (Lipinski definition) is 1. The second kappa shape index (κ2) is 9.63. The number of Topliss-reactive ketones (excluding diaryl/α,β-unsaturated/α-hetero) is 1. The van der Waals surface area contributed by atoms with Gasteiger partial charge in [-0.1, -0.05) is 34.1 Å². The van der Waals surface area contributed by atoms with Crippen molar-refractivity contribution < 1.29 is 19.1 Å². The van der Waals surface area contributed by atoms with Crippen LogP contribution in [0.2, 0.25) is 0 Å². The maximum absolute atomic E-state index is 14.3. The number of pyridine rings is 1. The van der Waals surface area contributed by atoms with E-state index in [1.165, 1.54) is 0 Å². The molecule has 6 heteroatoms. The minimum absolute atomic E-state index is 0.0320. The van der Waals surface area contributed by atoms with E-state index in [-0.39, 0.29) is 40.4 Å². The smallest absolute Gasteiger partial charge is 0.253 e. The highest BCUT2D eigenvalue weighted by Crippen LogP contribution is 2.61. The van der Waals surface area contributed by atoms with Gasteiger partial charge in [0, 0.05) is 36.0 Å². The van der Waals surface area contributed by atoms with Crippen LogP contribution in [-0.2, 0) is 0 Å². The number of rotatable bonds is 6. The molecule has 188 valence electrons. The van der Waals surface area contributed by atoms with Crippen LogP contribution in [-0.4, -0.2) is 36.9 Å². The summed E-state index contributed by atoms with van der Waals surface area (Å²) >= 11 is 0. The lowest BCUT2D eigenvalue weighted by Crippen LogP contribution is -2.60. The highest BCUT2D eigenvalue weighted by molar-refractivity contribution is 5.99. The number of aromatic nitrogens is 1. The number of methoxy groups -OCH3 is 2. The third kappa shape index (κ3) is 4.67. The van der Waals surface area contributed by atoms with Crippen LogP contribution in [0.4, 0.5) is 0 Å². The molecular weight excluding hydrogens is 440 g/mol. The first-order valence-corrected chi connectivity index (χ1v) is 12.6. The second-order valence-electron chi connectivity index (χ2n) is 11.3. The third-order valence-corrected chi connectivity index (χ3v) is 8.80. The number of hydrogen-bond acceptors (Lipinski definition) is 5. The van der Waals surface area contributed by atoms with Gasteiger partial charge in [-0.05, 0) is 66.2 Å². The summed E-state index contributed by atoms with van der Waals surface area (Å²) in [7, 11) is 3.19. The summed E-state index contributed by atoms with van der Waals surface area (Å²) in [6, 6.07) is 8.83. The van der Waals surface area contributed by atoms with E-state index in [9.17, 15) is 9.59 Å². The highest BCUT2D eigenvalue weighted by Gasteiger charge is 2.58. The molecule has 1 aromatic carbocycles. The van der Waals surface area contributed by atoms with Gasteiger partial charge in [0.15, 0.2) is 5.78 Å². The largest absolute Gasteiger partial charge is 0.497 e. The number of carbonyl (C=O) groups excluding carboxylic acids is 2. The number of fused-ring (bicyclic) bond motifs is 1. The molecule has 0 aliphatic heterocycles. The van der Waals surface area contributed by atoms with E-state index in [4.69, 9.17) is 9.47 Å². The van der Waals surface area contributed by atoms with E-state index in [0.29, 0.717) is 28.5 Å². The molecule has 2 aliphatic rings. The van der Waals surface area contributed by atoms with Crippen LogP contribution in [0.1, 0.15) is 74.1 Å². The van der Waals surface area contributed by atoms with Crippen molar-refractivity contribution in [1.82, 2.24) is 10.3 Å². The molecule has 1 amide bonds. The number of nitrogens with zero attached hydrogens (tertiary/aromatic N) is 1. The first-order valence-electron chi connectivity index (χ1n) is 12.6. The van der Waals surface area contributed by atoms with Crippen LogP contribution in [0, 0.1) is 28.6 Å². The van der Waals surface area contributed by atoms with E-state index < -0.39 is 0 Å². The zero-order valence-corrected chi connectivity index (χ0v) is 21.8. The Balaban J connectivity index is 1.74. The predicted octanol–water partition coefficient (Wildman–Crippen LogP) is 5.57. The molecule has 2 saturated carbocycles. The van der Waals surface area contributed by atoms with Gasteiger partial charge in [0.2, 0.25) is 0 Å². The number of ketones is 1. The van der Waals surface area contributed by atoms with Crippen LogP contribution in [0.3, 0.4) is 0 Å². The zero-order valence-electron chi connectivity index (χ0n) is 21.8. The summed E-state index contributed by atoms with van der Waals surface area (Å²) in [5.41, 5.74) is 1.05. The van der Waals surface area contributed by atoms with Crippen molar-refractivity contribution in [3.63, 3.8) is 0 Å². The van der Waals surface area contributed by atoms with E-state index in [0.717, 1.165) is 25.7 Å². The molecule has 0 saturated heterocycles. The fourth-order valence-electron chi connectivity index (χ4n) is 7.03. The number of amides is 1. The molecule has 4 rings (SSSR count). The Morgan fingerprint density at radius 3 is 2.31 bits per heavy atom. The molecule has 35 heavy (non-hydrogen) atoms. The molecule has 2 aromatic rings. The Kier molecular flexibility index (Phi) is 6.94. The molecular formula is C29H38N2O4. The first-order chi connectivity index (χ1) is 16.6. The van der Waals surface area contributed by atoms with Crippen molar-refractivity contribution >= 4 is 11.7 Å². The molecule has 1 N–H and O–H groups in total. The van der Waals surface area contributed by atoms with Crippen molar-refractivity contribution in [3.8, 4) is 11.5 Å². The molecule has 2 fully saturated rings. The number of ether oxygens (including phenoxy) is 2. The van der Waals surface area contributed by atoms with Gasteiger partial charge in [-0.15, -0.1) is 0 Å². The number of benzene rings is 1. The fraction of sp³-hybridized carbons (Fsp3) is 0.552. The third-order valence-electron chi connectivity index (χ3n) is 8.80. The van der Waals surface area contributed by atoms with Gasteiger partial charge in [-0.25, -0.2) is 0 Å². The Bertz CT molecular complexity index is 1060. The normalized spacial score (nSPS) is 29.5. The van der Waals surface area contributed by atoms with E-state index in [1.54, 1.807) is 44.8 Å². The Hall–Kier alpha value is -2.89. The van der Waals surface area contributed by atoms with Crippen LogP contribution in [0.5, 0.6) is 11.5 Å². The molecule has 5 atom stereocenters. The van der Waals surface area contributed by atoms with E-state index in [1.807, 2.05) is 12.1 Å². The summed E-state index contributed by atoms with van der Waals surface area (Å²) < 4.78 is 10.9. The Labute approximate surface area is 208 Å². The van der Waals surface area contributed by atoms with Gasteiger partial charge in [-0.2, -0.15) is 0 Å². The van der Waals surface area contributed by atoms with Crippen LogP contribution in [0.15, 0.2) is 42.7 Å². The van der Waals surface area contributed by atoms with Crippen LogP contribution in [0.25, 0.3) is 0 Å². The molecule has 0 spiro atoms. The topological polar surface area (TPSA) is 77.5 Å². The molecule has 6 nitrogen and oxygen atoms in total. The maximum Gasteiger partial charge on any atom is 0.253 e. The van der Waals surface area contributed by atoms with Crippen molar-refractivity contribution in [2.45, 2.75) is 59.4 Å². The van der Waals surface area contributed by atoms with Gasteiger partial charge >= 0.3 is 0 Å². The van der Waals surface area contributed by atoms with Crippen molar-refractivity contribution in [2.75, 3.05) is 14.2 Å². The molecule has 5 unspecified atom stereocenters. The van der Waals surface area contributed by atoms with Crippen LogP contribution >= 0.6 is 0 Å². The Morgan fingerprint density at radius 2 is 1.71 bits per heavy atom. The minimum Gasteiger partial charge on any atom is -0.497 e. The van der Waals surface area contributed by atoms with Crippen molar-refractivity contribution in [1.29, 1.82) is 0 Å². The highest BCUT2D eigenvalue weighted by atomic mass is 16.5. The molecule has 1 aromatic heterocycles. The molecule has 1 heterocycles. The average molecular weight is 479 g/mol. The lowest BCUT2D eigenvalue weighted by molar-refractivity contribution is -0.0902. The lowest BCUT2D eigenvalue weighted by Gasteiger charge is -2.60. The van der Waals surface area contributed by atoms with Crippen LogP contribution < -0.4 is 14.8 Å². The van der Waals surface area contributed by atoms with Gasteiger partial charge in [0.1, 0.15) is 11.5 Å². The standard InChI is InChI=1S/C29H38N2O4/c1-18-23(31-27(33)19-9-7-12-30-17-19)16-24-28(2,3)10-8-11-29(24,4)25(18)26(32)20-13-21(34-5)15-22(14-20)35-6/h7,9,12-15,17-18,23-25H,8,10-11,16H2,1-6H3,(H,31,33). The quantitative estimate of drug-likeness (QED) is 0.549. The van der Waals surface area contributed by atoms with Gasteiger partial charge < -0.3 is 14.8 Å². The number of carbonyl (C=O) groups is 2. The SMILES string of the molecule is COc1cc(OC)cc(C(=O)C2C(C)C(NC(=O)c3cccnc3)CC3C(C)(C)CCCC23C)c1. The summed E-state index contributed by atoms with van der Waals surface area (Å²) in [6.07, 6.45) is 7.34. The lowest BCUT2D eigenvalue weighted by atomic mass is 9.45. The Morgan fingerprint density at radius 1 is 1.03 bits per heavy atom. The molecule has 2 aliphatic carbocycles. The second-order valence-corrected chi connectivity index (χ2v) is 11.3. The van der Waals surface area contributed by atoms with Gasteiger partial charge in [-0.3, -0.25) is 14.6 Å².